The van der Waals surface area contributed by atoms with Crippen molar-refractivity contribution >= 4 is 27.5 Å². The summed E-state index contributed by atoms with van der Waals surface area (Å²) in [6.07, 6.45) is 5.48. The zero-order chi connectivity index (χ0) is 30.8. The molecular weight excluding hydrogens is 566 g/mol. The van der Waals surface area contributed by atoms with E-state index in [0.717, 1.165) is 42.0 Å². The van der Waals surface area contributed by atoms with Crippen molar-refractivity contribution in [3.63, 3.8) is 0 Å². The maximum absolute atomic E-state index is 14.3. The molecule has 0 heterocycles. The van der Waals surface area contributed by atoms with Crippen molar-refractivity contribution < 1.29 is 27.5 Å². The lowest BCUT2D eigenvalue weighted by molar-refractivity contribution is -0.140. The van der Waals surface area contributed by atoms with Crippen LogP contribution in [0.15, 0.2) is 83.8 Å². The number of anilines is 1. The molecule has 10 heteroatoms. The van der Waals surface area contributed by atoms with Gasteiger partial charge in [0, 0.05) is 18.7 Å². The highest BCUT2D eigenvalue weighted by atomic mass is 32.2. The van der Waals surface area contributed by atoms with Gasteiger partial charge in [-0.05, 0) is 49.1 Å². The zero-order valence-corrected chi connectivity index (χ0v) is 25.9. The smallest absolute Gasteiger partial charge is 0.264 e. The maximum atomic E-state index is 14.3. The molecule has 0 aliphatic heterocycles. The van der Waals surface area contributed by atoms with Crippen LogP contribution in [0.2, 0.25) is 0 Å². The number of hydrogen-bond donors (Lipinski definition) is 1. The normalized spacial score (nSPS) is 14.4. The minimum Gasteiger partial charge on any atom is -0.493 e. The number of carbonyl (C=O) groups excluding carboxylic acids is 2. The van der Waals surface area contributed by atoms with Gasteiger partial charge >= 0.3 is 0 Å². The molecular formula is C33H41N3O6S. The summed E-state index contributed by atoms with van der Waals surface area (Å²) in [6, 6.07) is 21.4. The first kappa shape index (κ1) is 31.9. The summed E-state index contributed by atoms with van der Waals surface area (Å²) in [7, 11) is -1.24. The third kappa shape index (κ3) is 7.87. The molecule has 3 aromatic carbocycles. The van der Waals surface area contributed by atoms with E-state index in [-0.39, 0.29) is 29.1 Å². The van der Waals surface area contributed by atoms with Crippen LogP contribution >= 0.6 is 0 Å². The first-order valence-corrected chi connectivity index (χ1v) is 16.2. The van der Waals surface area contributed by atoms with Crippen LogP contribution in [-0.4, -0.2) is 58.0 Å². The predicted octanol–water partition coefficient (Wildman–Crippen LogP) is 5.16. The number of hydrogen-bond acceptors (Lipinski definition) is 6. The molecule has 1 saturated carbocycles. The van der Waals surface area contributed by atoms with Crippen molar-refractivity contribution in [1.82, 2.24) is 10.2 Å². The number of rotatable bonds is 13. The molecule has 1 N–H and O–H groups in total. The Morgan fingerprint density at radius 1 is 0.884 bits per heavy atom. The average molecular weight is 608 g/mol. The van der Waals surface area contributed by atoms with Gasteiger partial charge in [0.15, 0.2) is 11.5 Å². The Kier molecular flexibility index (Phi) is 11.1. The Morgan fingerprint density at radius 2 is 1.51 bits per heavy atom. The number of ether oxygens (including phenoxy) is 2. The number of amides is 2. The third-order valence-electron chi connectivity index (χ3n) is 7.80. The lowest BCUT2D eigenvalue weighted by atomic mass is 9.95. The topological polar surface area (TPSA) is 105 Å². The van der Waals surface area contributed by atoms with Crippen molar-refractivity contribution in [3.8, 4) is 11.5 Å². The monoisotopic (exact) mass is 607 g/mol. The Balaban J connectivity index is 1.72. The molecule has 230 valence electrons. The van der Waals surface area contributed by atoms with E-state index in [1.165, 1.54) is 37.3 Å². The van der Waals surface area contributed by atoms with Crippen LogP contribution in [0.3, 0.4) is 0 Å². The van der Waals surface area contributed by atoms with Crippen LogP contribution in [0.25, 0.3) is 0 Å². The Hall–Kier alpha value is -4.05. The van der Waals surface area contributed by atoms with Gasteiger partial charge < -0.3 is 19.7 Å². The Labute approximate surface area is 254 Å². The average Bonchev–Trinajstić information content (AvgIpc) is 3.04. The van der Waals surface area contributed by atoms with Gasteiger partial charge in [0.05, 0.1) is 24.8 Å². The lowest BCUT2D eigenvalue weighted by Crippen LogP contribution is -2.54. The van der Waals surface area contributed by atoms with E-state index in [0.29, 0.717) is 17.9 Å². The third-order valence-corrected chi connectivity index (χ3v) is 9.59. The molecule has 1 aliphatic carbocycles. The van der Waals surface area contributed by atoms with Crippen LogP contribution < -0.4 is 19.1 Å². The molecule has 0 spiro atoms. The van der Waals surface area contributed by atoms with Gasteiger partial charge in [-0.1, -0.05) is 74.7 Å². The molecule has 0 unspecified atom stereocenters. The first-order chi connectivity index (χ1) is 20.8. The summed E-state index contributed by atoms with van der Waals surface area (Å²) in [5.41, 5.74) is 1.07. The summed E-state index contributed by atoms with van der Waals surface area (Å²) in [6.45, 7) is 1.50. The number of nitrogens with one attached hydrogen (secondary N) is 1. The molecule has 1 atom stereocenters. The molecule has 2 amide bonds. The van der Waals surface area contributed by atoms with Gasteiger partial charge in [-0.15, -0.1) is 0 Å². The molecule has 1 aliphatic rings. The van der Waals surface area contributed by atoms with Crippen molar-refractivity contribution in [2.75, 3.05) is 25.1 Å². The van der Waals surface area contributed by atoms with Crippen LogP contribution in [0.5, 0.6) is 11.5 Å². The number of sulfonamides is 1. The van der Waals surface area contributed by atoms with Gasteiger partial charge in [0.2, 0.25) is 11.8 Å². The molecule has 43 heavy (non-hydrogen) atoms. The fourth-order valence-corrected chi connectivity index (χ4v) is 6.90. The van der Waals surface area contributed by atoms with Crippen LogP contribution in [-0.2, 0) is 26.2 Å². The van der Waals surface area contributed by atoms with Gasteiger partial charge in [-0.3, -0.25) is 13.9 Å². The molecule has 9 nitrogen and oxygen atoms in total. The van der Waals surface area contributed by atoms with Crippen molar-refractivity contribution in [2.45, 2.75) is 69.0 Å². The number of carbonyl (C=O) groups is 2. The van der Waals surface area contributed by atoms with E-state index in [1.54, 1.807) is 30.3 Å². The van der Waals surface area contributed by atoms with Crippen LogP contribution in [0.1, 0.15) is 51.0 Å². The fourth-order valence-electron chi connectivity index (χ4n) is 5.47. The molecule has 0 radical (unpaired) electrons. The van der Waals surface area contributed by atoms with E-state index in [9.17, 15) is 18.0 Å². The van der Waals surface area contributed by atoms with Gasteiger partial charge in [0.25, 0.3) is 10.0 Å². The van der Waals surface area contributed by atoms with Crippen LogP contribution in [0, 0.1) is 0 Å². The van der Waals surface area contributed by atoms with E-state index in [2.05, 4.69) is 5.32 Å². The quantitative estimate of drug-likeness (QED) is 0.288. The van der Waals surface area contributed by atoms with E-state index in [4.69, 9.17) is 9.47 Å². The van der Waals surface area contributed by atoms with Gasteiger partial charge in [0.1, 0.15) is 12.6 Å². The standard InChI is InChI=1S/C33H41N3O6S/c1-4-29(33(38)34-26-16-10-6-11-17-26)35(23-25-14-8-5-9-15-25)32(37)24-36(43(39,40)28-18-12-7-13-19-28)27-20-21-30(41-2)31(22-27)42-3/h5,7-9,12-15,18-22,26,29H,4,6,10-11,16-17,23-24H2,1-3H3,(H,34,38)/t29-/m1/s1. The first-order valence-electron chi connectivity index (χ1n) is 14.7. The molecule has 0 aromatic heterocycles. The van der Waals surface area contributed by atoms with E-state index in [1.807, 2.05) is 37.3 Å². The van der Waals surface area contributed by atoms with Crippen molar-refractivity contribution in [1.29, 1.82) is 0 Å². The maximum Gasteiger partial charge on any atom is 0.264 e. The lowest BCUT2D eigenvalue weighted by Gasteiger charge is -2.34. The van der Waals surface area contributed by atoms with E-state index < -0.39 is 28.5 Å². The highest BCUT2D eigenvalue weighted by molar-refractivity contribution is 7.92. The SMILES string of the molecule is CC[C@H](C(=O)NC1CCCCC1)N(Cc1ccccc1)C(=O)CN(c1ccc(OC)c(OC)c1)S(=O)(=O)c1ccccc1. The van der Waals surface area contributed by atoms with Gasteiger partial charge in [-0.25, -0.2) is 8.42 Å². The van der Waals surface area contributed by atoms with Crippen molar-refractivity contribution in [2.24, 2.45) is 0 Å². The minimum absolute atomic E-state index is 0.0364. The summed E-state index contributed by atoms with van der Waals surface area (Å²) in [5, 5.41) is 3.16. The largest absolute Gasteiger partial charge is 0.493 e. The molecule has 0 saturated heterocycles. The summed E-state index contributed by atoms with van der Waals surface area (Å²) in [4.78, 5) is 29.4. The summed E-state index contributed by atoms with van der Waals surface area (Å²) >= 11 is 0. The number of nitrogens with zero attached hydrogens (tertiary/aromatic N) is 2. The van der Waals surface area contributed by atoms with Crippen molar-refractivity contribution in [3.05, 3.63) is 84.4 Å². The highest BCUT2D eigenvalue weighted by Crippen LogP contribution is 2.34. The second-order valence-corrected chi connectivity index (χ2v) is 12.5. The number of methoxy groups -OCH3 is 2. The molecule has 0 bridgehead atoms. The zero-order valence-electron chi connectivity index (χ0n) is 25.1. The predicted molar refractivity (Wildman–Crippen MR) is 167 cm³/mol. The number of benzene rings is 3. The molecule has 4 rings (SSSR count). The summed E-state index contributed by atoms with van der Waals surface area (Å²) in [5.74, 6) is 0.0250. The fraction of sp³-hybridized carbons (Fsp3) is 0.394. The van der Waals surface area contributed by atoms with Crippen LogP contribution in [0.4, 0.5) is 5.69 Å². The van der Waals surface area contributed by atoms with Gasteiger partial charge in [-0.2, -0.15) is 0 Å². The molecule has 3 aromatic rings. The minimum atomic E-state index is -4.19. The summed E-state index contributed by atoms with van der Waals surface area (Å²) < 4.78 is 39.9. The van der Waals surface area contributed by atoms with E-state index >= 15 is 0 Å². The highest BCUT2D eigenvalue weighted by Gasteiger charge is 2.34. The Morgan fingerprint density at radius 3 is 2.12 bits per heavy atom. The second kappa shape index (κ2) is 14.9. The molecule has 1 fully saturated rings. The Bertz CT molecular complexity index is 1460. The second-order valence-electron chi connectivity index (χ2n) is 10.6.